The lowest BCUT2D eigenvalue weighted by atomic mass is 10.1. The lowest BCUT2D eigenvalue weighted by Crippen LogP contribution is -2.53. The lowest BCUT2D eigenvalue weighted by Gasteiger charge is -2.37. The van der Waals surface area contributed by atoms with Crippen molar-refractivity contribution >= 4 is 11.8 Å². The Morgan fingerprint density at radius 2 is 1.85 bits per heavy atom. The van der Waals surface area contributed by atoms with Crippen LogP contribution in [-0.4, -0.2) is 78.0 Å². The van der Waals surface area contributed by atoms with Gasteiger partial charge in [0.15, 0.2) is 0 Å². The summed E-state index contributed by atoms with van der Waals surface area (Å²) >= 11 is 0. The molecule has 1 aromatic carbocycles. The highest BCUT2D eigenvalue weighted by molar-refractivity contribution is 5.81. The molecular formula is C21H31N3O3. The maximum absolute atomic E-state index is 12.9. The number of carbonyl (C=O) groups excluding carboxylic acids is 2. The maximum atomic E-state index is 12.9. The van der Waals surface area contributed by atoms with Crippen LogP contribution in [0.15, 0.2) is 30.3 Å². The summed E-state index contributed by atoms with van der Waals surface area (Å²) in [4.78, 5) is 31.3. The van der Waals surface area contributed by atoms with E-state index in [9.17, 15) is 9.59 Å². The van der Waals surface area contributed by atoms with E-state index in [1.54, 1.807) is 0 Å². The Labute approximate surface area is 162 Å². The number of amides is 2. The number of rotatable bonds is 6. The zero-order valence-corrected chi connectivity index (χ0v) is 16.5. The Balaban J connectivity index is 1.49. The zero-order chi connectivity index (χ0) is 19.2. The van der Waals surface area contributed by atoms with E-state index in [0.29, 0.717) is 32.8 Å². The van der Waals surface area contributed by atoms with Gasteiger partial charge in [-0.15, -0.1) is 0 Å². The predicted molar refractivity (Wildman–Crippen MR) is 104 cm³/mol. The van der Waals surface area contributed by atoms with Gasteiger partial charge in [-0.2, -0.15) is 0 Å². The number of piperazine rings is 1. The van der Waals surface area contributed by atoms with E-state index in [-0.39, 0.29) is 24.0 Å². The number of ether oxygens (including phenoxy) is 1. The van der Waals surface area contributed by atoms with Crippen LogP contribution < -0.4 is 0 Å². The second-order valence-electron chi connectivity index (χ2n) is 7.70. The summed E-state index contributed by atoms with van der Waals surface area (Å²) in [5.74, 6) is 0.263. The van der Waals surface area contributed by atoms with Gasteiger partial charge < -0.3 is 14.5 Å². The quantitative estimate of drug-likeness (QED) is 0.762. The fourth-order valence-corrected chi connectivity index (χ4v) is 3.72. The van der Waals surface area contributed by atoms with Gasteiger partial charge in [0.1, 0.15) is 6.10 Å². The minimum absolute atomic E-state index is 0.117. The molecule has 6 nitrogen and oxygen atoms in total. The van der Waals surface area contributed by atoms with Crippen molar-refractivity contribution in [1.82, 2.24) is 14.7 Å². The van der Waals surface area contributed by atoms with Crippen molar-refractivity contribution in [3.8, 4) is 0 Å². The first-order valence-electron chi connectivity index (χ1n) is 10.0. The average Bonchev–Trinajstić information content (AvgIpc) is 3.21. The summed E-state index contributed by atoms with van der Waals surface area (Å²) in [6.45, 7) is 8.67. The van der Waals surface area contributed by atoms with Crippen LogP contribution >= 0.6 is 0 Å². The monoisotopic (exact) mass is 373 g/mol. The second-order valence-corrected chi connectivity index (χ2v) is 7.70. The average molecular weight is 373 g/mol. The van der Waals surface area contributed by atoms with Gasteiger partial charge in [0.05, 0.1) is 6.54 Å². The van der Waals surface area contributed by atoms with E-state index >= 15 is 0 Å². The van der Waals surface area contributed by atoms with E-state index in [0.717, 1.165) is 31.5 Å². The molecule has 2 fully saturated rings. The van der Waals surface area contributed by atoms with Crippen LogP contribution in [0.4, 0.5) is 0 Å². The lowest BCUT2D eigenvalue weighted by molar-refractivity contribution is -0.143. The van der Waals surface area contributed by atoms with Gasteiger partial charge >= 0.3 is 0 Å². The smallest absolute Gasteiger partial charge is 0.251 e. The molecule has 0 radical (unpaired) electrons. The van der Waals surface area contributed by atoms with Crippen LogP contribution in [0.3, 0.4) is 0 Å². The Hall–Kier alpha value is -1.92. The Kier molecular flexibility index (Phi) is 6.85. The number of hydrogen-bond acceptors (Lipinski definition) is 4. The largest absolute Gasteiger partial charge is 0.368 e. The van der Waals surface area contributed by atoms with Gasteiger partial charge in [-0.05, 0) is 32.3 Å². The first-order chi connectivity index (χ1) is 13.0. The first-order valence-corrected chi connectivity index (χ1v) is 10.0. The zero-order valence-electron chi connectivity index (χ0n) is 16.5. The van der Waals surface area contributed by atoms with Crippen molar-refractivity contribution < 1.29 is 14.3 Å². The van der Waals surface area contributed by atoms with Gasteiger partial charge in [0, 0.05) is 45.4 Å². The van der Waals surface area contributed by atoms with Crippen LogP contribution in [0.2, 0.25) is 0 Å². The molecule has 27 heavy (non-hydrogen) atoms. The molecule has 1 aromatic rings. The summed E-state index contributed by atoms with van der Waals surface area (Å²) < 4.78 is 5.51. The molecule has 2 saturated heterocycles. The highest BCUT2D eigenvalue weighted by Crippen LogP contribution is 2.16. The molecule has 0 aromatic heterocycles. The minimum atomic E-state index is -0.250. The fraction of sp³-hybridized carbons (Fsp3) is 0.619. The summed E-state index contributed by atoms with van der Waals surface area (Å²) in [7, 11) is 0. The molecule has 1 atom stereocenters. The summed E-state index contributed by atoms with van der Waals surface area (Å²) in [5.41, 5.74) is 1.14. The van der Waals surface area contributed by atoms with Gasteiger partial charge in [-0.25, -0.2) is 0 Å². The molecule has 0 spiro atoms. The maximum Gasteiger partial charge on any atom is 0.251 e. The van der Waals surface area contributed by atoms with Crippen LogP contribution in [0.5, 0.6) is 0 Å². The first kappa shape index (κ1) is 19.8. The molecule has 2 amide bonds. The number of carbonyl (C=O) groups is 2. The third-order valence-corrected chi connectivity index (χ3v) is 5.39. The molecule has 2 aliphatic rings. The van der Waals surface area contributed by atoms with E-state index in [4.69, 9.17) is 4.74 Å². The second kappa shape index (κ2) is 9.33. The molecule has 148 valence electrons. The van der Waals surface area contributed by atoms with Crippen LogP contribution in [-0.2, 0) is 20.9 Å². The summed E-state index contributed by atoms with van der Waals surface area (Å²) in [5, 5.41) is 0. The van der Waals surface area contributed by atoms with E-state index < -0.39 is 0 Å². The van der Waals surface area contributed by atoms with Crippen molar-refractivity contribution in [2.45, 2.75) is 45.4 Å². The molecule has 0 N–H and O–H groups in total. The van der Waals surface area contributed by atoms with Crippen molar-refractivity contribution in [1.29, 1.82) is 0 Å². The van der Waals surface area contributed by atoms with Gasteiger partial charge in [-0.3, -0.25) is 14.5 Å². The van der Waals surface area contributed by atoms with Gasteiger partial charge in [-0.1, -0.05) is 30.3 Å². The Morgan fingerprint density at radius 3 is 2.44 bits per heavy atom. The molecule has 0 bridgehead atoms. The van der Waals surface area contributed by atoms with Crippen LogP contribution in [0, 0.1) is 0 Å². The van der Waals surface area contributed by atoms with Crippen molar-refractivity contribution in [2.24, 2.45) is 0 Å². The molecule has 2 aliphatic heterocycles. The number of hydrogen-bond donors (Lipinski definition) is 0. The normalized spacial score (nSPS) is 20.9. The number of benzene rings is 1. The fourth-order valence-electron chi connectivity index (χ4n) is 3.72. The standard InChI is InChI=1S/C21H31N3O3/c1-17(2)24(15-18-7-4-3-5-8-18)20(25)16-22-10-12-23(13-11-22)21(26)19-9-6-14-27-19/h3-5,7-8,17,19H,6,9-16H2,1-2H3. The van der Waals surface area contributed by atoms with Crippen LogP contribution in [0.25, 0.3) is 0 Å². The molecule has 0 saturated carbocycles. The minimum Gasteiger partial charge on any atom is -0.368 e. The Morgan fingerprint density at radius 1 is 1.15 bits per heavy atom. The van der Waals surface area contributed by atoms with E-state index in [1.807, 2.05) is 28.0 Å². The summed E-state index contributed by atoms with van der Waals surface area (Å²) in [6, 6.07) is 10.3. The van der Waals surface area contributed by atoms with E-state index in [2.05, 4.69) is 30.9 Å². The third-order valence-electron chi connectivity index (χ3n) is 5.39. The van der Waals surface area contributed by atoms with Crippen molar-refractivity contribution in [2.75, 3.05) is 39.3 Å². The van der Waals surface area contributed by atoms with Crippen molar-refractivity contribution in [3.63, 3.8) is 0 Å². The van der Waals surface area contributed by atoms with Crippen LogP contribution in [0.1, 0.15) is 32.3 Å². The molecule has 6 heteroatoms. The van der Waals surface area contributed by atoms with Gasteiger partial charge in [0.2, 0.25) is 5.91 Å². The topological polar surface area (TPSA) is 53.1 Å². The van der Waals surface area contributed by atoms with Crippen molar-refractivity contribution in [3.05, 3.63) is 35.9 Å². The SMILES string of the molecule is CC(C)N(Cc1ccccc1)C(=O)CN1CCN(C(=O)C2CCCO2)CC1. The summed E-state index contributed by atoms with van der Waals surface area (Å²) in [6.07, 6.45) is 1.55. The molecular weight excluding hydrogens is 342 g/mol. The predicted octanol–water partition coefficient (Wildman–Crippen LogP) is 1.75. The highest BCUT2D eigenvalue weighted by Gasteiger charge is 2.31. The Bertz CT molecular complexity index is 621. The molecule has 2 heterocycles. The highest BCUT2D eigenvalue weighted by atomic mass is 16.5. The van der Waals surface area contributed by atoms with E-state index in [1.165, 1.54) is 0 Å². The van der Waals surface area contributed by atoms with Gasteiger partial charge in [0.25, 0.3) is 5.91 Å². The molecule has 1 unspecified atom stereocenters. The molecule has 0 aliphatic carbocycles. The molecule has 3 rings (SSSR count). The number of nitrogens with zero attached hydrogens (tertiary/aromatic N) is 3. The third kappa shape index (κ3) is 5.30.